The Kier molecular flexibility index (Phi) is 11.3. The summed E-state index contributed by atoms with van der Waals surface area (Å²) in [5.74, 6) is -1.04. The number of halogens is 4. The quantitative estimate of drug-likeness (QED) is 0.248. The normalized spacial score (nSPS) is 12.6. The van der Waals surface area contributed by atoms with Gasteiger partial charge in [0.1, 0.15) is 12.6 Å². The molecule has 12 heteroatoms. The third-order valence-corrected chi connectivity index (χ3v) is 8.94. The van der Waals surface area contributed by atoms with Gasteiger partial charge in [-0.1, -0.05) is 74.8 Å². The van der Waals surface area contributed by atoms with Crippen LogP contribution in [0.25, 0.3) is 0 Å². The monoisotopic (exact) mass is 637 g/mol. The Balaban J connectivity index is 2.13. The van der Waals surface area contributed by atoms with Crippen LogP contribution >= 0.6 is 11.6 Å². The van der Waals surface area contributed by atoms with Crippen LogP contribution in [0.1, 0.15) is 43.9 Å². The molecule has 0 fully saturated rings. The highest BCUT2D eigenvalue weighted by molar-refractivity contribution is 7.92. The summed E-state index contributed by atoms with van der Waals surface area (Å²) in [4.78, 5) is 28.5. The maximum Gasteiger partial charge on any atom is 0.417 e. The number of hydrogen-bond acceptors (Lipinski definition) is 4. The van der Waals surface area contributed by atoms with Crippen LogP contribution in [0.2, 0.25) is 5.02 Å². The van der Waals surface area contributed by atoms with Crippen molar-refractivity contribution in [1.29, 1.82) is 0 Å². The summed E-state index contributed by atoms with van der Waals surface area (Å²) < 4.78 is 69.7. The third kappa shape index (κ3) is 8.51. The number of aryl methyl sites for hydroxylation is 1. The maximum absolute atomic E-state index is 14.1. The second kappa shape index (κ2) is 14.3. The van der Waals surface area contributed by atoms with E-state index in [1.54, 1.807) is 25.1 Å². The molecule has 2 amide bonds. The molecule has 1 N–H and O–H groups in total. The Morgan fingerprint density at radius 1 is 0.977 bits per heavy atom. The lowest BCUT2D eigenvalue weighted by molar-refractivity contribution is -0.140. The molecule has 0 saturated carbocycles. The molecule has 1 atom stereocenters. The number of alkyl halides is 3. The molecule has 0 aliphatic carbocycles. The minimum Gasteiger partial charge on any atom is -0.354 e. The molecule has 3 aromatic carbocycles. The van der Waals surface area contributed by atoms with Crippen LogP contribution in [0.5, 0.6) is 0 Å². The van der Waals surface area contributed by atoms with E-state index in [1.165, 1.54) is 29.2 Å². The number of benzene rings is 3. The predicted octanol–water partition coefficient (Wildman–Crippen LogP) is 6.44. The average Bonchev–Trinajstić information content (AvgIpc) is 2.95. The molecular formula is C31H35ClF3N3O4S. The number of anilines is 1. The number of carbonyl (C=O) groups excluding carboxylic acids is 2. The van der Waals surface area contributed by atoms with E-state index in [9.17, 15) is 31.2 Å². The fraction of sp³-hybridized carbons (Fsp3) is 0.355. The lowest BCUT2D eigenvalue weighted by Gasteiger charge is -2.33. The Bertz CT molecular complexity index is 1530. The lowest BCUT2D eigenvalue weighted by atomic mass is 10.1. The zero-order valence-corrected chi connectivity index (χ0v) is 25.9. The fourth-order valence-electron chi connectivity index (χ4n) is 4.45. The van der Waals surface area contributed by atoms with Gasteiger partial charge in [0.2, 0.25) is 11.8 Å². The van der Waals surface area contributed by atoms with E-state index >= 15 is 0 Å². The molecule has 43 heavy (non-hydrogen) atoms. The summed E-state index contributed by atoms with van der Waals surface area (Å²) in [7, 11) is -4.54. The van der Waals surface area contributed by atoms with Crippen molar-refractivity contribution in [3.63, 3.8) is 0 Å². The van der Waals surface area contributed by atoms with Gasteiger partial charge in [0.25, 0.3) is 10.0 Å². The zero-order chi connectivity index (χ0) is 31.9. The van der Waals surface area contributed by atoms with Crippen molar-refractivity contribution in [2.45, 2.75) is 57.8 Å². The second-order valence-corrected chi connectivity index (χ2v) is 12.8. The first-order valence-electron chi connectivity index (χ1n) is 13.7. The number of hydrogen-bond donors (Lipinski definition) is 1. The standard InChI is InChI=1S/C31H35ClF3N3O4S/c1-5-28(30(40)36-18-21(2)3)37(19-23-12-10-9-11-22(23)4)29(39)20-38(43(41,42)25-13-7-6-8-14-25)24-15-16-27(32)26(17-24)31(33,34)35/h6-17,21,28H,5,18-20H2,1-4H3,(H,36,40)/t28-/m1/s1. The molecular weight excluding hydrogens is 603 g/mol. The average molecular weight is 638 g/mol. The van der Waals surface area contributed by atoms with Gasteiger partial charge < -0.3 is 10.2 Å². The van der Waals surface area contributed by atoms with E-state index in [4.69, 9.17) is 11.6 Å². The maximum atomic E-state index is 14.1. The van der Waals surface area contributed by atoms with Crippen molar-refractivity contribution in [2.75, 3.05) is 17.4 Å². The topological polar surface area (TPSA) is 86.8 Å². The molecule has 3 rings (SSSR count). The van der Waals surface area contributed by atoms with Crippen molar-refractivity contribution < 1.29 is 31.2 Å². The van der Waals surface area contributed by atoms with Gasteiger partial charge in [0.05, 0.1) is 21.2 Å². The Morgan fingerprint density at radius 3 is 2.19 bits per heavy atom. The van der Waals surface area contributed by atoms with E-state index in [2.05, 4.69) is 5.32 Å². The van der Waals surface area contributed by atoms with Crippen LogP contribution in [0.3, 0.4) is 0 Å². The van der Waals surface area contributed by atoms with Gasteiger partial charge in [-0.25, -0.2) is 8.42 Å². The molecule has 0 unspecified atom stereocenters. The van der Waals surface area contributed by atoms with Crippen LogP contribution in [0, 0.1) is 12.8 Å². The fourth-order valence-corrected chi connectivity index (χ4v) is 6.10. The lowest BCUT2D eigenvalue weighted by Crippen LogP contribution is -2.52. The van der Waals surface area contributed by atoms with Gasteiger partial charge in [-0.3, -0.25) is 13.9 Å². The first-order valence-corrected chi connectivity index (χ1v) is 15.5. The number of nitrogens with zero attached hydrogens (tertiary/aromatic N) is 2. The van der Waals surface area contributed by atoms with Crippen molar-refractivity contribution in [2.24, 2.45) is 5.92 Å². The minimum absolute atomic E-state index is 0.0211. The summed E-state index contributed by atoms with van der Waals surface area (Å²) in [6.07, 6.45) is -4.66. The first-order chi connectivity index (χ1) is 20.2. The van der Waals surface area contributed by atoms with Crippen LogP contribution < -0.4 is 9.62 Å². The van der Waals surface area contributed by atoms with E-state index in [0.29, 0.717) is 16.9 Å². The van der Waals surface area contributed by atoms with Crippen molar-refractivity contribution >= 4 is 39.1 Å². The predicted molar refractivity (Wildman–Crippen MR) is 161 cm³/mol. The zero-order valence-electron chi connectivity index (χ0n) is 24.4. The van der Waals surface area contributed by atoms with Gasteiger partial charge >= 0.3 is 6.18 Å². The summed E-state index contributed by atoms with van der Waals surface area (Å²) in [6, 6.07) is 16.0. The van der Waals surface area contributed by atoms with Crippen LogP contribution in [0.15, 0.2) is 77.7 Å². The third-order valence-electron chi connectivity index (χ3n) is 6.83. The second-order valence-electron chi connectivity index (χ2n) is 10.5. The SMILES string of the molecule is CC[C@H](C(=O)NCC(C)C)N(Cc1ccccc1C)C(=O)CN(c1ccc(Cl)c(C(F)(F)F)c1)S(=O)(=O)c1ccccc1. The van der Waals surface area contributed by atoms with Crippen LogP contribution in [-0.2, 0) is 32.3 Å². The van der Waals surface area contributed by atoms with Gasteiger partial charge in [-0.05, 0) is 60.7 Å². The van der Waals surface area contributed by atoms with Crippen LogP contribution in [-0.4, -0.2) is 44.3 Å². The molecule has 0 bridgehead atoms. The molecule has 3 aromatic rings. The first kappa shape index (κ1) is 33.9. The van der Waals surface area contributed by atoms with E-state index in [-0.39, 0.29) is 23.8 Å². The Morgan fingerprint density at radius 2 is 1.60 bits per heavy atom. The summed E-state index contributed by atoms with van der Waals surface area (Å²) in [5.41, 5.74) is -0.0704. The van der Waals surface area contributed by atoms with Gasteiger partial charge in [-0.15, -0.1) is 0 Å². The highest BCUT2D eigenvalue weighted by Crippen LogP contribution is 2.38. The number of amides is 2. The van der Waals surface area contributed by atoms with Crippen LogP contribution in [0.4, 0.5) is 18.9 Å². The molecule has 0 aliphatic heterocycles. The van der Waals surface area contributed by atoms with Gasteiger partial charge in [0.15, 0.2) is 0 Å². The van der Waals surface area contributed by atoms with Crippen molar-refractivity contribution in [3.05, 3.63) is 94.5 Å². The summed E-state index contributed by atoms with van der Waals surface area (Å²) in [6.45, 7) is 6.89. The largest absolute Gasteiger partial charge is 0.417 e. The summed E-state index contributed by atoms with van der Waals surface area (Å²) in [5, 5.41) is 2.22. The van der Waals surface area contributed by atoms with Crippen molar-refractivity contribution in [1.82, 2.24) is 10.2 Å². The Hall–Kier alpha value is -3.57. The molecule has 0 heterocycles. The molecule has 0 spiro atoms. The number of carbonyl (C=O) groups is 2. The van der Waals surface area contributed by atoms with Gasteiger partial charge in [-0.2, -0.15) is 13.2 Å². The molecule has 232 valence electrons. The number of rotatable bonds is 12. The van der Waals surface area contributed by atoms with E-state index in [0.717, 1.165) is 23.3 Å². The Labute approximate surface area is 255 Å². The molecule has 0 aliphatic rings. The molecule has 0 radical (unpaired) electrons. The van der Waals surface area contributed by atoms with Crippen molar-refractivity contribution in [3.8, 4) is 0 Å². The number of nitrogens with one attached hydrogen (secondary N) is 1. The summed E-state index contributed by atoms with van der Waals surface area (Å²) >= 11 is 5.82. The molecule has 0 aromatic heterocycles. The minimum atomic E-state index is -4.88. The smallest absolute Gasteiger partial charge is 0.354 e. The number of sulfonamides is 1. The molecule has 7 nitrogen and oxygen atoms in total. The highest BCUT2D eigenvalue weighted by atomic mass is 35.5. The van der Waals surface area contributed by atoms with Gasteiger partial charge in [0, 0.05) is 13.1 Å². The van der Waals surface area contributed by atoms with E-state index in [1.807, 2.05) is 32.9 Å². The van der Waals surface area contributed by atoms with E-state index < -0.39 is 56.9 Å². The highest BCUT2D eigenvalue weighted by Gasteiger charge is 2.37. The molecule has 0 saturated heterocycles.